The summed E-state index contributed by atoms with van der Waals surface area (Å²) < 4.78 is 5.49. The summed E-state index contributed by atoms with van der Waals surface area (Å²) in [5.74, 6) is -0.0880. The molecule has 23 heavy (non-hydrogen) atoms. The average Bonchev–Trinajstić information content (AvgIpc) is 2.55. The lowest BCUT2D eigenvalue weighted by molar-refractivity contribution is -0.156. The number of nitrogens with zero attached hydrogens (tertiary/aromatic N) is 1. The SMILES string of the molecule is CC(c1ccccc1)N1CCC1C(=O)OCCc1ccccc1. The van der Waals surface area contributed by atoms with Gasteiger partial charge < -0.3 is 4.74 Å². The van der Waals surface area contributed by atoms with Crippen LogP contribution in [-0.2, 0) is 16.0 Å². The number of carbonyl (C=O) groups is 1. The second kappa shape index (κ2) is 7.42. The van der Waals surface area contributed by atoms with Crippen molar-refractivity contribution in [2.75, 3.05) is 13.2 Å². The summed E-state index contributed by atoms with van der Waals surface area (Å²) in [5.41, 5.74) is 2.44. The van der Waals surface area contributed by atoms with Crippen molar-refractivity contribution < 1.29 is 9.53 Å². The van der Waals surface area contributed by atoms with Crippen LogP contribution in [0.3, 0.4) is 0 Å². The van der Waals surface area contributed by atoms with E-state index in [2.05, 4.69) is 36.1 Å². The van der Waals surface area contributed by atoms with Crippen LogP contribution in [-0.4, -0.2) is 30.1 Å². The van der Waals surface area contributed by atoms with Crippen molar-refractivity contribution in [1.82, 2.24) is 4.90 Å². The predicted molar refractivity (Wildman–Crippen MR) is 91.1 cm³/mol. The van der Waals surface area contributed by atoms with Crippen LogP contribution in [0, 0.1) is 0 Å². The maximum Gasteiger partial charge on any atom is 0.323 e. The van der Waals surface area contributed by atoms with E-state index in [4.69, 9.17) is 4.74 Å². The molecular weight excluding hydrogens is 286 g/mol. The molecular formula is C20H23NO2. The molecule has 0 spiro atoms. The zero-order valence-corrected chi connectivity index (χ0v) is 13.5. The molecule has 0 bridgehead atoms. The third-order valence-electron chi connectivity index (χ3n) is 4.59. The lowest BCUT2D eigenvalue weighted by Gasteiger charge is -2.43. The van der Waals surface area contributed by atoms with Gasteiger partial charge in [0.05, 0.1) is 6.61 Å². The quantitative estimate of drug-likeness (QED) is 0.764. The van der Waals surface area contributed by atoms with E-state index in [1.807, 2.05) is 36.4 Å². The first-order valence-electron chi connectivity index (χ1n) is 8.27. The smallest absolute Gasteiger partial charge is 0.323 e. The van der Waals surface area contributed by atoms with Crippen LogP contribution in [0.25, 0.3) is 0 Å². The molecule has 3 rings (SSSR count). The summed E-state index contributed by atoms with van der Waals surface area (Å²) >= 11 is 0. The van der Waals surface area contributed by atoms with Crippen LogP contribution >= 0.6 is 0 Å². The molecule has 1 fully saturated rings. The van der Waals surface area contributed by atoms with Gasteiger partial charge in [-0.2, -0.15) is 0 Å². The van der Waals surface area contributed by atoms with Gasteiger partial charge in [-0.15, -0.1) is 0 Å². The van der Waals surface area contributed by atoms with Gasteiger partial charge in [0.1, 0.15) is 6.04 Å². The fourth-order valence-corrected chi connectivity index (χ4v) is 3.06. The van der Waals surface area contributed by atoms with E-state index in [1.165, 1.54) is 11.1 Å². The van der Waals surface area contributed by atoms with E-state index >= 15 is 0 Å². The van der Waals surface area contributed by atoms with Crippen molar-refractivity contribution in [3.63, 3.8) is 0 Å². The number of esters is 1. The van der Waals surface area contributed by atoms with Crippen molar-refractivity contribution in [1.29, 1.82) is 0 Å². The first kappa shape index (κ1) is 15.8. The van der Waals surface area contributed by atoms with E-state index in [9.17, 15) is 4.79 Å². The highest BCUT2D eigenvalue weighted by atomic mass is 16.5. The van der Waals surface area contributed by atoms with Crippen molar-refractivity contribution in [2.45, 2.75) is 31.8 Å². The van der Waals surface area contributed by atoms with Crippen LogP contribution in [0.15, 0.2) is 60.7 Å². The van der Waals surface area contributed by atoms with E-state index < -0.39 is 0 Å². The molecule has 0 amide bonds. The normalized spacial score (nSPS) is 18.9. The maximum atomic E-state index is 12.3. The summed E-state index contributed by atoms with van der Waals surface area (Å²) in [6, 6.07) is 20.6. The summed E-state index contributed by atoms with van der Waals surface area (Å²) in [6.45, 7) is 3.56. The van der Waals surface area contributed by atoms with Crippen LogP contribution < -0.4 is 0 Å². The lowest BCUT2D eigenvalue weighted by atomic mass is 9.96. The molecule has 1 saturated heterocycles. The Morgan fingerprint density at radius 2 is 1.78 bits per heavy atom. The van der Waals surface area contributed by atoms with Crippen LogP contribution in [0.4, 0.5) is 0 Å². The molecule has 3 nitrogen and oxygen atoms in total. The standard InChI is InChI=1S/C20H23NO2/c1-16(18-10-6-3-7-11-18)21-14-12-19(21)20(22)23-15-13-17-8-4-2-5-9-17/h2-11,16,19H,12-15H2,1H3. The topological polar surface area (TPSA) is 29.5 Å². The van der Waals surface area contributed by atoms with Gasteiger partial charge in [0, 0.05) is 19.0 Å². The Kier molecular flexibility index (Phi) is 5.09. The number of benzene rings is 2. The van der Waals surface area contributed by atoms with Crippen molar-refractivity contribution >= 4 is 5.97 Å². The Balaban J connectivity index is 1.50. The highest BCUT2D eigenvalue weighted by Crippen LogP contribution is 2.30. The molecule has 0 saturated carbocycles. The van der Waals surface area contributed by atoms with E-state index in [0.29, 0.717) is 6.61 Å². The molecule has 120 valence electrons. The summed E-state index contributed by atoms with van der Waals surface area (Å²) in [4.78, 5) is 14.5. The molecule has 1 heterocycles. The van der Waals surface area contributed by atoms with Crippen molar-refractivity contribution in [3.05, 3.63) is 71.8 Å². The predicted octanol–water partition coefficient (Wildman–Crippen LogP) is 3.61. The van der Waals surface area contributed by atoms with Gasteiger partial charge in [0.2, 0.25) is 0 Å². The number of ether oxygens (including phenoxy) is 1. The van der Waals surface area contributed by atoms with Gasteiger partial charge >= 0.3 is 5.97 Å². The highest BCUT2D eigenvalue weighted by molar-refractivity contribution is 5.77. The zero-order valence-electron chi connectivity index (χ0n) is 13.5. The third kappa shape index (κ3) is 3.80. The van der Waals surface area contributed by atoms with E-state index in [1.54, 1.807) is 0 Å². The van der Waals surface area contributed by atoms with Gasteiger partial charge in [-0.3, -0.25) is 9.69 Å². The van der Waals surface area contributed by atoms with Crippen LogP contribution in [0.2, 0.25) is 0 Å². The van der Waals surface area contributed by atoms with Gasteiger partial charge in [-0.05, 0) is 24.5 Å². The first-order chi connectivity index (χ1) is 11.3. The van der Waals surface area contributed by atoms with Gasteiger partial charge in [-0.25, -0.2) is 0 Å². The zero-order chi connectivity index (χ0) is 16.1. The van der Waals surface area contributed by atoms with Gasteiger partial charge in [-0.1, -0.05) is 60.7 Å². The second-order valence-electron chi connectivity index (χ2n) is 6.03. The number of likely N-dealkylation sites (tertiary alicyclic amines) is 1. The van der Waals surface area contributed by atoms with Crippen molar-refractivity contribution in [3.8, 4) is 0 Å². The minimum atomic E-state index is -0.0963. The third-order valence-corrected chi connectivity index (χ3v) is 4.59. The minimum absolute atomic E-state index is 0.0880. The number of carbonyl (C=O) groups excluding carboxylic acids is 1. The van der Waals surface area contributed by atoms with Crippen molar-refractivity contribution in [2.24, 2.45) is 0 Å². The fraction of sp³-hybridized carbons (Fsp3) is 0.350. The molecule has 0 radical (unpaired) electrons. The molecule has 1 aliphatic heterocycles. The lowest BCUT2D eigenvalue weighted by Crippen LogP contribution is -2.53. The first-order valence-corrected chi connectivity index (χ1v) is 8.27. The number of hydrogen-bond acceptors (Lipinski definition) is 3. The summed E-state index contributed by atoms with van der Waals surface area (Å²) in [5, 5.41) is 0. The minimum Gasteiger partial charge on any atom is -0.464 e. The Labute approximate surface area is 137 Å². The van der Waals surface area contributed by atoms with E-state index in [-0.39, 0.29) is 18.1 Å². The Morgan fingerprint density at radius 3 is 2.39 bits per heavy atom. The molecule has 1 aliphatic rings. The maximum absolute atomic E-state index is 12.3. The molecule has 2 aromatic carbocycles. The summed E-state index contributed by atoms with van der Waals surface area (Å²) in [7, 11) is 0. The second-order valence-corrected chi connectivity index (χ2v) is 6.03. The molecule has 2 aromatic rings. The summed E-state index contributed by atoms with van der Waals surface area (Å²) in [6.07, 6.45) is 1.66. The highest BCUT2D eigenvalue weighted by Gasteiger charge is 2.38. The Bertz CT molecular complexity index is 627. The fourth-order valence-electron chi connectivity index (χ4n) is 3.06. The molecule has 3 heteroatoms. The van der Waals surface area contributed by atoms with Crippen LogP contribution in [0.5, 0.6) is 0 Å². The van der Waals surface area contributed by atoms with Crippen LogP contribution in [0.1, 0.15) is 30.5 Å². The largest absolute Gasteiger partial charge is 0.464 e. The Hall–Kier alpha value is -2.13. The van der Waals surface area contributed by atoms with E-state index in [0.717, 1.165) is 19.4 Å². The van der Waals surface area contributed by atoms with Gasteiger partial charge in [0.25, 0.3) is 0 Å². The Morgan fingerprint density at radius 1 is 1.13 bits per heavy atom. The van der Waals surface area contributed by atoms with Gasteiger partial charge in [0.15, 0.2) is 0 Å². The monoisotopic (exact) mass is 309 g/mol. The number of hydrogen-bond donors (Lipinski definition) is 0. The molecule has 0 aliphatic carbocycles. The molecule has 2 unspecified atom stereocenters. The number of rotatable bonds is 6. The molecule has 2 atom stereocenters. The molecule has 0 aromatic heterocycles. The average molecular weight is 309 g/mol. The molecule has 0 N–H and O–H groups in total.